The number of phenols is 1. The van der Waals surface area contributed by atoms with E-state index in [2.05, 4.69) is 31.6 Å². The minimum Gasteiger partial charge on any atom is -0.504 e. The predicted molar refractivity (Wildman–Crippen MR) is 112 cm³/mol. The molecule has 3 rings (SSSR count). The largest absolute Gasteiger partial charge is 0.504 e. The van der Waals surface area contributed by atoms with Gasteiger partial charge in [0.15, 0.2) is 17.2 Å². The Balaban J connectivity index is 1.67. The van der Waals surface area contributed by atoms with Crippen LogP contribution in [-0.4, -0.2) is 39.0 Å². The van der Waals surface area contributed by atoms with Gasteiger partial charge in [-0.2, -0.15) is 10.2 Å². The highest BCUT2D eigenvalue weighted by molar-refractivity contribution is 9.10. The van der Waals surface area contributed by atoms with Crippen molar-refractivity contribution in [2.75, 3.05) is 7.11 Å². The second kappa shape index (κ2) is 9.18. The van der Waals surface area contributed by atoms with Gasteiger partial charge in [0.2, 0.25) is 0 Å². The summed E-state index contributed by atoms with van der Waals surface area (Å²) in [5.74, 6) is -0.354. The number of carbonyl (C=O) groups excluding carboxylic acids is 1. The number of nitrogens with one attached hydrogen (secondary N) is 1. The molecule has 1 heterocycles. The van der Waals surface area contributed by atoms with E-state index < -0.39 is 10.8 Å². The van der Waals surface area contributed by atoms with E-state index in [-0.39, 0.29) is 22.9 Å². The van der Waals surface area contributed by atoms with Crippen LogP contribution in [-0.2, 0) is 6.54 Å². The highest BCUT2D eigenvalue weighted by Crippen LogP contribution is 2.28. The summed E-state index contributed by atoms with van der Waals surface area (Å²) < 4.78 is 7.00. The topological polar surface area (TPSA) is 132 Å². The Bertz CT molecular complexity index is 1110. The number of hydrazone groups is 1. The number of halogens is 1. The Morgan fingerprint density at radius 2 is 2.10 bits per heavy atom. The molecule has 0 unspecified atom stereocenters. The molecule has 0 aliphatic carbocycles. The van der Waals surface area contributed by atoms with Gasteiger partial charge in [0.05, 0.1) is 29.3 Å². The smallest absolute Gasteiger partial charge is 0.293 e. The van der Waals surface area contributed by atoms with Crippen LogP contribution in [0.3, 0.4) is 0 Å². The van der Waals surface area contributed by atoms with Crippen molar-refractivity contribution in [2.45, 2.75) is 6.54 Å². The third-order valence-corrected chi connectivity index (χ3v) is 4.62. The van der Waals surface area contributed by atoms with Crippen molar-refractivity contribution < 1.29 is 19.6 Å². The zero-order valence-corrected chi connectivity index (χ0v) is 17.2. The Labute approximate surface area is 179 Å². The van der Waals surface area contributed by atoms with Gasteiger partial charge in [-0.1, -0.05) is 18.2 Å². The number of hydrogen-bond acceptors (Lipinski definition) is 7. The number of hydrogen-bond donors (Lipinski definition) is 2. The predicted octanol–water partition coefficient (Wildman–Crippen LogP) is 3.08. The van der Waals surface area contributed by atoms with Gasteiger partial charge >= 0.3 is 0 Å². The van der Waals surface area contributed by atoms with Gasteiger partial charge in [-0.15, -0.1) is 0 Å². The van der Waals surface area contributed by atoms with Crippen LogP contribution in [0.15, 0.2) is 58.2 Å². The number of nitro groups is 1. The molecule has 2 N–H and O–H groups in total. The molecule has 154 valence electrons. The first-order chi connectivity index (χ1) is 14.4. The van der Waals surface area contributed by atoms with Gasteiger partial charge in [-0.25, -0.2) is 5.43 Å². The zero-order chi connectivity index (χ0) is 21.7. The summed E-state index contributed by atoms with van der Waals surface area (Å²) in [4.78, 5) is 22.6. The van der Waals surface area contributed by atoms with E-state index >= 15 is 0 Å². The third-order valence-electron chi connectivity index (χ3n) is 4.04. The molecular weight excluding hydrogens is 458 g/mol. The quantitative estimate of drug-likeness (QED) is 0.307. The van der Waals surface area contributed by atoms with Crippen LogP contribution in [0.4, 0.5) is 5.69 Å². The average molecular weight is 474 g/mol. The molecule has 0 atom stereocenters. The standard InChI is InChI=1S/C19H16BrN5O5/c1-30-16-4-2-3-13(18(16)26)9-21-22-19(27)17-15(20)11-24(23-17)10-12-5-7-14(8-6-12)25(28)29/h2-9,11,26H,10H2,1H3,(H,22,27)/b21-9-. The molecule has 0 bridgehead atoms. The first-order valence-corrected chi connectivity index (χ1v) is 9.34. The van der Waals surface area contributed by atoms with E-state index in [1.807, 2.05) is 0 Å². The van der Waals surface area contributed by atoms with Crippen LogP contribution in [0.5, 0.6) is 11.5 Å². The Morgan fingerprint density at radius 3 is 2.77 bits per heavy atom. The monoisotopic (exact) mass is 473 g/mol. The van der Waals surface area contributed by atoms with Gasteiger partial charge in [-0.05, 0) is 33.6 Å². The molecule has 10 nitrogen and oxygen atoms in total. The summed E-state index contributed by atoms with van der Waals surface area (Å²) in [5, 5.41) is 28.8. The fourth-order valence-electron chi connectivity index (χ4n) is 2.56. The molecule has 0 saturated carbocycles. The molecule has 0 saturated heterocycles. The van der Waals surface area contributed by atoms with E-state index in [1.54, 1.807) is 36.5 Å². The van der Waals surface area contributed by atoms with Crippen LogP contribution in [0.1, 0.15) is 21.6 Å². The van der Waals surface area contributed by atoms with Crippen LogP contribution in [0.25, 0.3) is 0 Å². The summed E-state index contributed by atoms with van der Waals surface area (Å²) in [6.45, 7) is 0.324. The number of methoxy groups -OCH3 is 1. The number of carbonyl (C=O) groups is 1. The number of para-hydroxylation sites is 1. The molecule has 0 fully saturated rings. The van der Waals surface area contributed by atoms with Gasteiger partial charge in [0.25, 0.3) is 11.6 Å². The number of benzene rings is 2. The number of amides is 1. The molecule has 3 aromatic rings. The molecule has 0 spiro atoms. The maximum absolute atomic E-state index is 12.4. The summed E-state index contributed by atoms with van der Waals surface area (Å²) in [6.07, 6.45) is 2.91. The number of ether oxygens (including phenoxy) is 1. The molecule has 1 aromatic heterocycles. The van der Waals surface area contributed by atoms with E-state index in [9.17, 15) is 20.0 Å². The number of nitrogens with zero attached hydrogens (tertiary/aromatic N) is 4. The molecule has 0 aliphatic rings. The van der Waals surface area contributed by atoms with E-state index in [0.29, 0.717) is 16.6 Å². The molecule has 0 aliphatic heterocycles. The summed E-state index contributed by atoms with van der Waals surface area (Å²) >= 11 is 3.29. The molecule has 30 heavy (non-hydrogen) atoms. The minimum absolute atomic E-state index is 0.000368. The Morgan fingerprint density at radius 1 is 1.37 bits per heavy atom. The lowest BCUT2D eigenvalue weighted by molar-refractivity contribution is -0.384. The van der Waals surface area contributed by atoms with Crippen molar-refractivity contribution in [3.63, 3.8) is 0 Å². The number of aromatic nitrogens is 2. The van der Waals surface area contributed by atoms with Crippen molar-refractivity contribution in [1.29, 1.82) is 0 Å². The fraction of sp³-hybridized carbons (Fsp3) is 0.105. The van der Waals surface area contributed by atoms with Crippen LogP contribution < -0.4 is 10.2 Å². The number of rotatable bonds is 7. The number of non-ortho nitro benzene ring substituents is 1. The molecule has 11 heteroatoms. The lowest BCUT2D eigenvalue weighted by atomic mass is 10.2. The summed E-state index contributed by atoms with van der Waals surface area (Å²) in [7, 11) is 1.43. The van der Waals surface area contributed by atoms with Crippen molar-refractivity contribution in [2.24, 2.45) is 5.10 Å². The Kier molecular flexibility index (Phi) is 6.42. The SMILES string of the molecule is COc1cccc(/C=N\NC(=O)c2nn(Cc3ccc([N+](=O)[O-])cc3)cc2Br)c1O. The van der Waals surface area contributed by atoms with Crippen molar-refractivity contribution in [3.8, 4) is 11.5 Å². The molecule has 0 radical (unpaired) electrons. The average Bonchev–Trinajstić information content (AvgIpc) is 3.09. The van der Waals surface area contributed by atoms with Crippen LogP contribution >= 0.6 is 15.9 Å². The second-order valence-electron chi connectivity index (χ2n) is 6.04. The second-order valence-corrected chi connectivity index (χ2v) is 6.90. The normalized spacial score (nSPS) is 10.9. The maximum atomic E-state index is 12.4. The molecule has 1 amide bonds. The first kappa shape index (κ1) is 21.0. The number of nitro benzene ring substituents is 1. The molecular formula is C19H16BrN5O5. The van der Waals surface area contributed by atoms with E-state index in [4.69, 9.17) is 4.74 Å². The Hall–Kier alpha value is -3.73. The highest BCUT2D eigenvalue weighted by Gasteiger charge is 2.15. The van der Waals surface area contributed by atoms with Gasteiger partial charge in [0, 0.05) is 23.9 Å². The number of aromatic hydroxyl groups is 1. The maximum Gasteiger partial charge on any atom is 0.293 e. The van der Waals surface area contributed by atoms with E-state index in [0.717, 1.165) is 5.56 Å². The van der Waals surface area contributed by atoms with Gasteiger partial charge in [-0.3, -0.25) is 19.6 Å². The lowest BCUT2D eigenvalue weighted by Gasteiger charge is -2.04. The summed E-state index contributed by atoms with van der Waals surface area (Å²) in [5.41, 5.74) is 3.62. The van der Waals surface area contributed by atoms with Crippen molar-refractivity contribution >= 4 is 33.7 Å². The minimum atomic E-state index is -0.553. The number of phenolic OH excluding ortho intramolecular Hbond substituents is 1. The fourth-order valence-corrected chi connectivity index (χ4v) is 3.06. The van der Waals surface area contributed by atoms with Gasteiger partial charge < -0.3 is 9.84 Å². The van der Waals surface area contributed by atoms with Crippen molar-refractivity contribution in [1.82, 2.24) is 15.2 Å². The first-order valence-electron chi connectivity index (χ1n) is 8.54. The van der Waals surface area contributed by atoms with Crippen LogP contribution in [0, 0.1) is 10.1 Å². The summed E-state index contributed by atoms with van der Waals surface area (Å²) in [6, 6.07) is 11.0. The van der Waals surface area contributed by atoms with Crippen LogP contribution in [0.2, 0.25) is 0 Å². The van der Waals surface area contributed by atoms with Crippen molar-refractivity contribution in [3.05, 3.63) is 80.1 Å². The third kappa shape index (κ3) is 4.81. The highest BCUT2D eigenvalue weighted by atomic mass is 79.9. The zero-order valence-electron chi connectivity index (χ0n) is 15.7. The van der Waals surface area contributed by atoms with Gasteiger partial charge in [0.1, 0.15) is 0 Å². The lowest BCUT2D eigenvalue weighted by Crippen LogP contribution is -2.19. The molecule has 2 aromatic carbocycles. The van der Waals surface area contributed by atoms with E-state index in [1.165, 1.54) is 30.1 Å².